The Morgan fingerprint density at radius 3 is 2.26 bits per heavy atom. The normalized spacial score (nSPS) is 18.4. The van der Waals surface area contributed by atoms with E-state index in [-0.39, 0.29) is 16.2 Å². The van der Waals surface area contributed by atoms with E-state index < -0.39 is 10.0 Å². The molecule has 0 aromatic heterocycles. The van der Waals surface area contributed by atoms with E-state index in [0.717, 1.165) is 5.56 Å². The van der Waals surface area contributed by atoms with Crippen LogP contribution in [0.15, 0.2) is 53.4 Å². The second-order valence-electron chi connectivity index (χ2n) is 5.02. The third kappa shape index (κ3) is 3.37. The zero-order valence-corrected chi connectivity index (χ0v) is 14.2. The summed E-state index contributed by atoms with van der Waals surface area (Å²) in [5.41, 5.74) is 1.59. The van der Waals surface area contributed by atoms with Crippen LogP contribution in [0.2, 0.25) is 5.02 Å². The number of halogens is 1. The second-order valence-corrected chi connectivity index (χ2v) is 8.08. The molecule has 1 fully saturated rings. The van der Waals surface area contributed by atoms with Crippen molar-refractivity contribution in [1.82, 2.24) is 0 Å². The molecule has 0 saturated carbocycles. The van der Waals surface area contributed by atoms with Crippen LogP contribution >= 0.6 is 23.4 Å². The first-order valence-corrected chi connectivity index (χ1v) is 9.65. The maximum absolute atomic E-state index is 12.2. The number of carbonyl (C=O) groups is 1. The molecule has 2 N–H and O–H groups in total. The van der Waals surface area contributed by atoms with Crippen LogP contribution < -0.4 is 10.0 Å². The molecule has 0 bridgehead atoms. The van der Waals surface area contributed by atoms with Crippen LogP contribution in [-0.2, 0) is 14.8 Å². The van der Waals surface area contributed by atoms with Crippen molar-refractivity contribution in [3.05, 3.63) is 59.1 Å². The Hall–Kier alpha value is -1.54. The van der Waals surface area contributed by atoms with Gasteiger partial charge in [-0.3, -0.25) is 9.69 Å². The van der Waals surface area contributed by atoms with Gasteiger partial charge in [0.05, 0.1) is 10.6 Å². The molecule has 1 aliphatic heterocycles. The van der Waals surface area contributed by atoms with Gasteiger partial charge in [0.25, 0.3) is 0 Å². The maximum Gasteiger partial charge on any atom is 0.238 e. The minimum atomic E-state index is -3.75. The van der Waals surface area contributed by atoms with Crippen LogP contribution in [0.4, 0.5) is 5.69 Å². The molecule has 2 aromatic rings. The van der Waals surface area contributed by atoms with Gasteiger partial charge in [0, 0.05) is 10.7 Å². The molecule has 3 rings (SSSR count). The molecule has 1 atom stereocenters. The Bertz CT molecular complexity index is 836. The highest BCUT2D eigenvalue weighted by Crippen LogP contribution is 2.42. The summed E-state index contributed by atoms with van der Waals surface area (Å²) in [7, 11) is -3.75. The van der Waals surface area contributed by atoms with Gasteiger partial charge in [-0.05, 0) is 42.0 Å². The molecular weight excluding hydrogens is 356 g/mol. The molecule has 23 heavy (non-hydrogen) atoms. The molecule has 2 aromatic carbocycles. The van der Waals surface area contributed by atoms with Crippen molar-refractivity contribution in [2.75, 3.05) is 10.7 Å². The van der Waals surface area contributed by atoms with E-state index >= 15 is 0 Å². The van der Waals surface area contributed by atoms with E-state index in [4.69, 9.17) is 16.7 Å². The van der Waals surface area contributed by atoms with Crippen molar-refractivity contribution >= 4 is 45.0 Å². The number of hydrogen-bond acceptors (Lipinski definition) is 4. The molecule has 120 valence electrons. The third-order valence-electron chi connectivity index (χ3n) is 3.47. The van der Waals surface area contributed by atoms with Gasteiger partial charge in [-0.1, -0.05) is 23.7 Å². The maximum atomic E-state index is 12.2. The van der Waals surface area contributed by atoms with Crippen molar-refractivity contribution in [3.63, 3.8) is 0 Å². The summed E-state index contributed by atoms with van der Waals surface area (Å²) in [6.45, 7) is 0. The van der Waals surface area contributed by atoms with Crippen molar-refractivity contribution in [1.29, 1.82) is 0 Å². The van der Waals surface area contributed by atoms with Crippen molar-refractivity contribution < 1.29 is 13.2 Å². The van der Waals surface area contributed by atoms with Gasteiger partial charge in [0.2, 0.25) is 15.9 Å². The molecule has 1 saturated heterocycles. The Labute approximate surface area is 143 Å². The standard InChI is InChI=1S/C15H13ClN2O3S2/c16-11-3-1-10(2-4-11)15-18(14(19)9-22-15)12-5-7-13(8-6-12)23(17,20)21/h1-8,15H,9H2,(H2,17,20,21). The second kappa shape index (κ2) is 6.16. The number of primary sulfonamides is 1. The first kappa shape index (κ1) is 16.3. The number of carbonyl (C=O) groups excluding carboxylic acids is 1. The van der Waals surface area contributed by atoms with E-state index in [1.165, 1.54) is 23.9 Å². The van der Waals surface area contributed by atoms with E-state index in [1.807, 2.05) is 12.1 Å². The van der Waals surface area contributed by atoms with Crippen molar-refractivity contribution in [2.24, 2.45) is 5.14 Å². The van der Waals surface area contributed by atoms with Gasteiger partial charge in [-0.2, -0.15) is 0 Å². The van der Waals surface area contributed by atoms with E-state index in [1.54, 1.807) is 29.2 Å². The van der Waals surface area contributed by atoms with Gasteiger partial charge in [-0.25, -0.2) is 13.6 Å². The zero-order chi connectivity index (χ0) is 16.6. The highest BCUT2D eigenvalue weighted by molar-refractivity contribution is 8.00. The minimum Gasteiger partial charge on any atom is -0.295 e. The Balaban J connectivity index is 1.95. The number of sulfonamides is 1. The smallest absolute Gasteiger partial charge is 0.238 e. The first-order chi connectivity index (χ1) is 10.9. The lowest BCUT2D eigenvalue weighted by atomic mass is 10.2. The monoisotopic (exact) mass is 368 g/mol. The largest absolute Gasteiger partial charge is 0.295 e. The van der Waals surface area contributed by atoms with Gasteiger partial charge in [-0.15, -0.1) is 11.8 Å². The number of benzene rings is 2. The minimum absolute atomic E-state index is 0.0172. The predicted octanol–water partition coefficient (Wildman–Crippen LogP) is 2.77. The summed E-state index contributed by atoms with van der Waals surface area (Å²) >= 11 is 7.42. The SMILES string of the molecule is NS(=O)(=O)c1ccc(N2C(=O)CSC2c2ccc(Cl)cc2)cc1. The highest BCUT2D eigenvalue weighted by atomic mass is 35.5. The Morgan fingerprint density at radius 2 is 1.70 bits per heavy atom. The van der Waals surface area contributed by atoms with Crippen LogP contribution in [0.25, 0.3) is 0 Å². The molecule has 5 nitrogen and oxygen atoms in total. The first-order valence-electron chi connectivity index (χ1n) is 6.68. The summed E-state index contributed by atoms with van der Waals surface area (Å²) in [4.78, 5) is 13.9. The fourth-order valence-electron chi connectivity index (χ4n) is 2.37. The number of nitrogens with two attached hydrogens (primary N) is 1. The summed E-state index contributed by atoms with van der Waals surface area (Å²) in [6, 6.07) is 13.3. The highest BCUT2D eigenvalue weighted by Gasteiger charge is 2.34. The van der Waals surface area contributed by atoms with Crippen LogP contribution in [0.3, 0.4) is 0 Å². The summed E-state index contributed by atoms with van der Waals surface area (Å²) < 4.78 is 22.7. The number of hydrogen-bond donors (Lipinski definition) is 1. The molecule has 1 aliphatic rings. The summed E-state index contributed by atoms with van der Waals surface area (Å²) in [5, 5.41) is 5.56. The average Bonchev–Trinajstić information content (AvgIpc) is 2.89. The van der Waals surface area contributed by atoms with Crippen LogP contribution in [0, 0.1) is 0 Å². The number of rotatable bonds is 3. The van der Waals surface area contributed by atoms with Gasteiger partial charge in [0.15, 0.2) is 0 Å². The number of nitrogens with zero attached hydrogens (tertiary/aromatic N) is 1. The Kier molecular flexibility index (Phi) is 4.37. The quantitative estimate of drug-likeness (QED) is 0.903. The topological polar surface area (TPSA) is 80.5 Å². The molecule has 8 heteroatoms. The molecular formula is C15H13ClN2O3S2. The average molecular weight is 369 g/mol. The molecule has 0 aliphatic carbocycles. The van der Waals surface area contributed by atoms with Crippen molar-refractivity contribution in [2.45, 2.75) is 10.3 Å². The van der Waals surface area contributed by atoms with Gasteiger partial charge in [0.1, 0.15) is 5.37 Å². The lowest BCUT2D eigenvalue weighted by molar-refractivity contribution is -0.115. The third-order valence-corrected chi connectivity index (χ3v) is 5.86. The van der Waals surface area contributed by atoms with E-state index in [0.29, 0.717) is 16.5 Å². The molecule has 0 spiro atoms. The summed E-state index contributed by atoms with van der Waals surface area (Å²) in [5.74, 6) is 0.336. The van der Waals surface area contributed by atoms with Crippen LogP contribution in [0.5, 0.6) is 0 Å². The van der Waals surface area contributed by atoms with Crippen LogP contribution in [0.1, 0.15) is 10.9 Å². The molecule has 1 heterocycles. The Morgan fingerprint density at radius 1 is 1.09 bits per heavy atom. The number of amides is 1. The van der Waals surface area contributed by atoms with Crippen molar-refractivity contribution in [3.8, 4) is 0 Å². The fourth-order valence-corrected chi connectivity index (χ4v) is 4.19. The number of thioether (sulfide) groups is 1. The lowest BCUT2D eigenvalue weighted by Gasteiger charge is -2.24. The van der Waals surface area contributed by atoms with Gasteiger partial charge >= 0.3 is 0 Å². The lowest BCUT2D eigenvalue weighted by Crippen LogP contribution is -2.27. The van der Waals surface area contributed by atoms with Crippen LogP contribution in [-0.4, -0.2) is 20.1 Å². The zero-order valence-electron chi connectivity index (χ0n) is 11.8. The number of anilines is 1. The van der Waals surface area contributed by atoms with Gasteiger partial charge < -0.3 is 0 Å². The molecule has 1 unspecified atom stereocenters. The van der Waals surface area contributed by atoms with E-state index in [9.17, 15) is 13.2 Å². The van der Waals surface area contributed by atoms with E-state index in [2.05, 4.69) is 0 Å². The molecule has 0 radical (unpaired) electrons. The predicted molar refractivity (Wildman–Crippen MR) is 92.0 cm³/mol. The fraction of sp³-hybridized carbons (Fsp3) is 0.133. The molecule has 1 amide bonds. The summed E-state index contributed by atoms with van der Waals surface area (Å²) in [6.07, 6.45) is 0.